The lowest BCUT2D eigenvalue weighted by Crippen LogP contribution is -2.33. The summed E-state index contributed by atoms with van der Waals surface area (Å²) in [7, 11) is 2.10. The molecule has 2 heterocycles. The first-order valence-electron chi connectivity index (χ1n) is 10.6. The average Bonchev–Trinajstić information content (AvgIpc) is 2.98. The summed E-state index contributed by atoms with van der Waals surface area (Å²) < 4.78 is 0. The number of rotatable bonds is 4. The van der Waals surface area contributed by atoms with Gasteiger partial charge in [-0.05, 0) is 60.2 Å². The van der Waals surface area contributed by atoms with Crippen LogP contribution >= 0.6 is 0 Å². The summed E-state index contributed by atoms with van der Waals surface area (Å²) in [5.41, 5.74) is 2.59. The minimum Gasteiger partial charge on any atom is -0.507 e. The Bertz CT molecular complexity index is 1060. The number of anilines is 1. The molecule has 0 spiro atoms. The van der Waals surface area contributed by atoms with Gasteiger partial charge >= 0.3 is 0 Å². The molecule has 6 nitrogen and oxygen atoms in total. The van der Waals surface area contributed by atoms with Crippen molar-refractivity contribution in [2.45, 2.75) is 45.1 Å². The van der Waals surface area contributed by atoms with Crippen molar-refractivity contribution >= 4 is 5.82 Å². The van der Waals surface area contributed by atoms with E-state index in [1.54, 1.807) is 18.3 Å². The van der Waals surface area contributed by atoms with E-state index in [9.17, 15) is 9.90 Å². The first kappa shape index (κ1) is 20.1. The number of benzene rings is 1. The van der Waals surface area contributed by atoms with Gasteiger partial charge in [0.1, 0.15) is 5.75 Å². The van der Waals surface area contributed by atoms with Gasteiger partial charge in [-0.1, -0.05) is 32.3 Å². The predicted molar refractivity (Wildman–Crippen MR) is 120 cm³/mol. The third-order valence-corrected chi connectivity index (χ3v) is 6.10. The number of phenolic OH excluding ortho intramolecular Hbond substituents is 1. The van der Waals surface area contributed by atoms with Gasteiger partial charge in [0.2, 0.25) is 5.56 Å². The maximum absolute atomic E-state index is 11.5. The summed E-state index contributed by atoms with van der Waals surface area (Å²) >= 11 is 0. The lowest BCUT2D eigenvalue weighted by Gasteiger charge is -2.29. The molecule has 0 aliphatic heterocycles. The lowest BCUT2D eigenvalue weighted by atomic mass is 9.99. The molecule has 30 heavy (non-hydrogen) atoms. The smallest absolute Gasteiger partial charge is 0.248 e. The highest BCUT2D eigenvalue weighted by Crippen LogP contribution is 2.33. The zero-order chi connectivity index (χ0) is 21.1. The Labute approximate surface area is 176 Å². The molecule has 1 aromatic carbocycles. The van der Waals surface area contributed by atoms with E-state index in [2.05, 4.69) is 34.1 Å². The standard InChI is InChI=1S/C24H28N4O2/c1-16-5-3-4-6-19(13-16)28(2)23-10-9-21(26-27-23)20-8-7-17(14-22(20)29)18-11-12-25-24(30)15-18/h7-12,14-16,19,29H,3-6,13H2,1-2H3,(H,25,30)/t16-,19+/m1/s1. The van der Waals surface area contributed by atoms with E-state index >= 15 is 0 Å². The number of H-pyrrole nitrogens is 1. The van der Waals surface area contributed by atoms with Crippen molar-refractivity contribution in [3.63, 3.8) is 0 Å². The molecular formula is C24H28N4O2. The Morgan fingerprint density at radius 1 is 1.03 bits per heavy atom. The van der Waals surface area contributed by atoms with Crippen LogP contribution < -0.4 is 10.5 Å². The second kappa shape index (κ2) is 8.69. The predicted octanol–water partition coefficient (Wildman–Crippen LogP) is 4.61. The van der Waals surface area contributed by atoms with Crippen LogP contribution in [0.3, 0.4) is 0 Å². The molecule has 0 radical (unpaired) electrons. The Balaban J connectivity index is 1.54. The van der Waals surface area contributed by atoms with Crippen molar-refractivity contribution in [1.82, 2.24) is 15.2 Å². The van der Waals surface area contributed by atoms with Gasteiger partial charge in [0.25, 0.3) is 0 Å². The van der Waals surface area contributed by atoms with Crippen molar-refractivity contribution in [2.24, 2.45) is 5.92 Å². The molecule has 1 aliphatic carbocycles. The number of phenols is 1. The molecule has 2 atom stereocenters. The molecule has 0 amide bonds. The summed E-state index contributed by atoms with van der Waals surface area (Å²) in [4.78, 5) is 16.4. The monoisotopic (exact) mass is 404 g/mol. The van der Waals surface area contributed by atoms with E-state index in [-0.39, 0.29) is 11.3 Å². The number of hydrogen-bond donors (Lipinski definition) is 2. The minimum absolute atomic E-state index is 0.112. The largest absolute Gasteiger partial charge is 0.507 e. The third kappa shape index (κ3) is 4.37. The molecule has 2 aromatic heterocycles. The van der Waals surface area contributed by atoms with E-state index in [4.69, 9.17) is 0 Å². The molecule has 3 aromatic rings. The van der Waals surface area contributed by atoms with Crippen LogP contribution in [-0.2, 0) is 0 Å². The Morgan fingerprint density at radius 3 is 2.57 bits per heavy atom. The normalized spacial score (nSPS) is 19.3. The van der Waals surface area contributed by atoms with Crippen molar-refractivity contribution < 1.29 is 5.11 Å². The molecular weight excluding hydrogens is 376 g/mol. The van der Waals surface area contributed by atoms with Crippen LogP contribution in [0.15, 0.2) is 53.5 Å². The highest BCUT2D eigenvalue weighted by Gasteiger charge is 2.22. The number of nitrogens with zero attached hydrogens (tertiary/aromatic N) is 3. The molecule has 1 saturated carbocycles. The summed E-state index contributed by atoms with van der Waals surface area (Å²) in [5.74, 6) is 1.71. The van der Waals surface area contributed by atoms with Crippen molar-refractivity contribution in [3.8, 4) is 28.1 Å². The van der Waals surface area contributed by atoms with Crippen LogP contribution in [0.5, 0.6) is 5.75 Å². The fourth-order valence-corrected chi connectivity index (χ4v) is 4.32. The summed E-state index contributed by atoms with van der Waals surface area (Å²) in [5, 5.41) is 19.4. The fraction of sp³-hybridized carbons (Fsp3) is 0.375. The van der Waals surface area contributed by atoms with Crippen molar-refractivity contribution in [2.75, 3.05) is 11.9 Å². The van der Waals surface area contributed by atoms with E-state index in [0.29, 0.717) is 17.3 Å². The number of pyridine rings is 1. The third-order valence-electron chi connectivity index (χ3n) is 6.10. The summed E-state index contributed by atoms with van der Waals surface area (Å²) in [6.07, 6.45) is 7.85. The van der Waals surface area contributed by atoms with Crippen molar-refractivity contribution in [1.29, 1.82) is 0 Å². The molecule has 1 fully saturated rings. The topological polar surface area (TPSA) is 82.1 Å². The quantitative estimate of drug-likeness (QED) is 0.621. The summed E-state index contributed by atoms with van der Waals surface area (Å²) in [6, 6.07) is 13.0. The zero-order valence-corrected chi connectivity index (χ0v) is 17.5. The molecule has 0 unspecified atom stereocenters. The fourth-order valence-electron chi connectivity index (χ4n) is 4.32. The van der Waals surface area contributed by atoms with E-state index in [1.165, 1.54) is 38.2 Å². The van der Waals surface area contributed by atoms with Crippen LogP contribution in [0.1, 0.15) is 39.0 Å². The van der Waals surface area contributed by atoms with Crippen LogP contribution in [-0.4, -0.2) is 33.4 Å². The summed E-state index contributed by atoms with van der Waals surface area (Å²) in [6.45, 7) is 2.33. The maximum Gasteiger partial charge on any atom is 0.248 e. The Morgan fingerprint density at radius 2 is 1.83 bits per heavy atom. The molecule has 156 valence electrons. The highest BCUT2D eigenvalue weighted by molar-refractivity contribution is 5.74. The molecule has 0 bridgehead atoms. The van der Waals surface area contributed by atoms with Gasteiger partial charge in [0.05, 0.1) is 5.69 Å². The average molecular weight is 405 g/mol. The number of aromatic nitrogens is 3. The van der Waals surface area contributed by atoms with Gasteiger partial charge in [0.15, 0.2) is 5.82 Å². The van der Waals surface area contributed by atoms with Crippen LogP contribution in [0, 0.1) is 5.92 Å². The van der Waals surface area contributed by atoms with Gasteiger partial charge in [-0.25, -0.2) is 0 Å². The Hall–Kier alpha value is -3.15. The van der Waals surface area contributed by atoms with E-state index in [0.717, 1.165) is 22.9 Å². The van der Waals surface area contributed by atoms with Gasteiger partial charge < -0.3 is 15.0 Å². The molecule has 2 N–H and O–H groups in total. The van der Waals surface area contributed by atoms with Gasteiger partial charge in [-0.15, -0.1) is 10.2 Å². The van der Waals surface area contributed by atoms with Gasteiger partial charge in [-0.3, -0.25) is 4.79 Å². The van der Waals surface area contributed by atoms with Gasteiger partial charge in [0, 0.05) is 30.9 Å². The molecule has 4 rings (SSSR count). The first-order chi connectivity index (χ1) is 14.5. The SMILES string of the molecule is C[C@@H]1CCCC[C@H](N(C)c2ccc(-c3ccc(-c4cc[nH]c(=O)c4)cc3O)nn2)C1. The first-order valence-corrected chi connectivity index (χ1v) is 10.6. The van der Waals surface area contributed by atoms with Crippen molar-refractivity contribution in [3.05, 3.63) is 59.0 Å². The van der Waals surface area contributed by atoms with Gasteiger partial charge in [-0.2, -0.15) is 0 Å². The maximum atomic E-state index is 11.5. The molecule has 1 aliphatic rings. The van der Waals surface area contributed by atoms with E-state index < -0.39 is 0 Å². The molecule has 6 heteroatoms. The Kier molecular flexibility index (Phi) is 5.84. The number of aromatic hydroxyl groups is 1. The number of hydrogen-bond acceptors (Lipinski definition) is 5. The second-order valence-electron chi connectivity index (χ2n) is 8.34. The molecule has 0 saturated heterocycles. The van der Waals surface area contributed by atoms with Crippen LogP contribution in [0.2, 0.25) is 0 Å². The van der Waals surface area contributed by atoms with E-state index in [1.807, 2.05) is 24.3 Å². The highest BCUT2D eigenvalue weighted by atomic mass is 16.3. The van der Waals surface area contributed by atoms with Crippen LogP contribution in [0.25, 0.3) is 22.4 Å². The lowest BCUT2D eigenvalue weighted by molar-refractivity contribution is 0.456. The number of nitrogens with one attached hydrogen (secondary N) is 1. The number of aromatic amines is 1. The zero-order valence-electron chi connectivity index (χ0n) is 17.5. The minimum atomic E-state index is -0.176. The van der Waals surface area contributed by atoms with Crippen LogP contribution in [0.4, 0.5) is 5.82 Å². The second-order valence-corrected chi connectivity index (χ2v) is 8.34.